The van der Waals surface area contributed by atoms with E-state index in [9.17, 15) is 4.39 Å². The molecular formula is C18H20FN5O. The molecule has 0 unspecified atom stereocenters. The first-order valence-electron chi connectivity index (χ1n) is 8.41. The van der Waals surface area contributed by atoms with Crippen molar-refractivity contribution in [2.45, 2.75) is 20.4 Å². The van der Waals surface area contributed by atoms with Crippen LogP contribution in [0.5, 0.6) is 0 Å². The van der Waals surface area contributed by atoms with Crippen LogP contribution in [0, 0.1) is 19.7 Å². The van der Waals surface area contributed by atoms with Gasteiger partial charge in [-0.2, -0.15) is 0 Å². The Kier molecular flexibility index (Phi) is 4.09. The monoisotopic (exact) mass is 341 g/mol. The number of halogens is 1. The molecule has 0 atom stereocenters. The fourth-order valence-corrected chi connectivity index (χ4v) is 3.34. The second kappa shape index (κ2) is 6.40. The largest absolute Gasteiger partial charge is 0.361 e. The molecule has 0 amide bonds. The molecule has 25 heavy (non-hydrogen) atoms. The Bertz CT molecular complexity index is 882. The molecule has 0 saturated carbocycles. The maximum atomic E-state index is 13.6. The van der Waals surface area contributed by atoms with Crippen LogP contribution in [-0.2, 0) is 6.54 Å². The van der Waals surface area contributed by atoms with Gasteiger partial charge in [-0.25, -0.2) is 14.4 Å². The summed E-state index contributed by atoms with van der Waals surface area (Å²) in [5.41, 5.74) is 2.89. The van der Waals surface area contributed by atoms with Crippen molar-refractivity contribution in [3.8, 4) is 0 Å². The third kappa shape index (κ3) is 3.07. The van der Waals surface area contributed by atoms with Crippen molar-refractivity contribution < 1.29 is 8.91 Å². The fraction of sp³-hybridized carbons (Fsp3) is 0.389. The Hall–Kier alpha value is -2.54. The van der Waals surface area contributed by atoms with Crippen LogP contribution >= 0.6 is 0 Å². The van der Waals surface area contributed by atoms with Crippen molar-refractivity contribution in [3.63, 3.8) is 0 Å². The minimum Gasteiger partial charge on any atom is -0.361 e. The van der Waals surface area contributed by atoms with Gasteiger partial charge in [0.2, 0.25) is 0 Å². The van der Waals surface area contributed by atoms with E-state index >= 15 is 0 Å². The molecule has 1 saturated heterocycles. The van der Waals surface area contributed by atoms with Gasteiger partial charge in [0, 0.05) is 43.7 Å². The van der Waals surface area contributed by atoms with Crippen LogP contribution in [0.15, 0.2) is 29.0 Å². The summed E-state index contributed by atoms with van der Waals surface area (Å²) in [5.74, 6) is 1.43. The minimum absolute atomic E-state index is 0.263. The average Bonchev–Trinajstić information content (AvgIpc) is 2.94. The predicted octanol–water partition coefficient (Wildman–Crippen LogP) is 2.70. The molecule has 1 aromatic carbocycles. The molecule has 3 heterocycles. The van der Waals surface area contributed by atoms with Gasteiger partial charge in [-0.15, -0.1) is 0 Å². The van der Waals surface area contributed by atoms with Crippen LogP contribution in [0.3, 0.4) is 0 Å². The molecule has 2 aromatic heterocycles. The molecule has 1 aliphatic heterocycles. The number of aryl methyl sites for hydroxylation is 2. The summed E-state index contributed by atoms with van der Waals surface area (Å²) in [6, 6.07) is 4.64. The molecular weight excluding hydrogens is 321 g/mol. The first-order valence-corrected chi connectivity index (χ1v) is 8.41. The molecule has 4 rings (SSSR count). The van der Waals surface area contributed by atoms with Crippen molar-refractivity contribution in [2.75, 3.05) is 31.1 Å². The highest BCUT2D eigenvalue weighted by Gasteiger charge is 2.22. The number of aromatic nitrogens is 3. The normalized spacial score (nSPS) is 15.9. The smallest absolute Gasteiger partial charge is 0.140 e. The van der Waals surface area contributed by atoms with E-state index in [1.165, 1.54) is 17.7 Å². The quantitative estimate of drug-likeness (QED) is 0.730. The van der Waals surface area contributed by atoms with Crippen molar-refractivity contribution in [1.82, 2.24) is 20.0 Å². The van der Waals surface area contributed by atoms with Crippen molar-refractivity contribution in [1.29, 1.82) is 0 Å². The second-order valence-corrected chi connectivity index (χ2v) is 6.42. The second-order valence-electron chi connectivity index (χ2n) is 6.42. The molecule has 1 fully saturated rings. The molecule has 0 spiro atoms. The standard InChI is InChI=1S/C18H20FN5O/c1-12-16(13(2)25-22-12)10-23-5-7-24(8-6-23)18-15-9-14(19)3-4-17(15)20-11-21-18/h3-4,9,11H,5-8,10H2,1-2H3. The van der Waals surface area contributed by atoms with E-state index in [0.717, 1.165) is 60.9 Å². The van der Waals surface area contributed by atoms with Crippen LogP contribution in [0.1, 0.15) is 17.0 Å². The Labute approximate surface area is 145 Å². The van der Waals surface area contributed by atoms with Gasteiger partial charge in [-0.3, -0.25) is 4.90 Å². The van der Waals surface area contributed by atoms with Gasteiger partial charge in [-0.05, 0) is 32.0 Å². The summed E-state index contributed by atoms with van der Waals surface area (Å²) in [4.78, 5) is 13.2. The number of rotatable bonds is 3. The van der Waals surface area contributed by atoms with Gasteiger partial charge in [0.25, 0.3) is 0 Å². The third-order valence-corrected chi connectivity index (χ3v) is 4.81. The Morgan fingerprint density at radius 1 is 1.12 bits per heavy atom. The maximum Gasteiger partial charge on any atom is 0.140 e. The zero-order valence-corrected chi connectivity index (χ0v) is 14.4. The third-order valence-electron chi connectivity index (χ3n) is 4.81. The molecule has 6 nitrogen and oxygen atoms in total. The van der Waals surface area contributed by atoms with Gasteiger partial charge < -0.3 is 9.42 Å². The van der Waals surface area contributed by atoms with Crippen LogP contribution in [0.25, 0.3) is 10.9 Å². The number of anilines is 1. The lowest BCUT2D eigenvalue weighted by molar-refractivity contribution is 0.247. The number of fused-ring (bicyclic) bond motifs is 1. The Morgan fingerprint density at radius 3 is 2.64 bits per heavy atom. The zero-order chi connectivity index (χ0) is 17.4. The van der Waals surface area contributed by atoms with Crippen LogP contribution in [-0.4, -0.2) is 46.2 Å². The average molecular weight is 341 g/mol. The number of hydrogen-bond acceptors (Lipinski definition) is 6. The highest BCUT2D eigenvalue weighted by atomic mass is 19.1. The number of benzene rings is 1. The lowest BCUT2D eigenvalue weighted by Gasteiger charge is -2.35. The fourth-order valence-electron chi connectivity index (χ4n) is 3.34. The maximum absolute atomic E-state index is 13.6. The summed E-state index contributed by atoms with van der Waals surface area (Å²) in [7, 11) is 0. The van der Waals surface area contributed by atoms with Crippen LogP contribution in [0.2, 0.25) is 0 Å². The summed E-state index contributed by atoms with van der Waals surface area (Å²) in [5, 5.41) is 4.79. The van der Waals surface area contributed by atoms with E-state index < -0.39 is 0 Å². The molecule has 1 aliphatic rings. The number of piperazine rings is 1. The van der Waals surface area contributed by atoms with E-state index in [1.54, 1.807) is 12.4 Å². The highest BCUT2D eigenvalue weighted by Crippen LogP contribution is 2.25. The topological polar surface area (TPSA) is 58.3 Å². The van der Waals surface area contributed by atoms with Crippen LogP contribution < -0.4 is 4.90 Å². The van der Waals surface area contributed by atoms with Gasteiger partial charge >= 0.3 is 0 Å². The van der Waals surface area contributed by atoms with Gasteiger partial charge in [0.15, 0.2) is 0 Å². The van der Waals surface area contributed by atoms with Gasteiger partial charge in [0.1, 0.15) is 23.7 Å². The van der Waals surface area contributed by atoms with Gasteiger partial charge in [0.05, 0.1) is 11.2 Å². The predicted molar refractivity (Wildman–Crippen MR) is 93.0 cm³/mol. The van der Waals surface area contributed by atoms with E-state index in [0.29, 0.717) is 0 Å². The first-order chi connectivity index (χ1) is 12.1. The lowest BCUT2D eigenvalue weighted by atomic mass is 10.1. The lowest BCUT2D eigenvalue weighted by Crippen LogP contribution is -2.46. The highest BCUT2D eigenvalue weighted by molar-refractivity contribution is 5.89. The van der Waals surface area contributed by atoms with E-state index in [-0.39, 0.29) is 5.82 Å². The molecule has 3 aromatic rings. The molecule has 0 radical (unpaired) electrons. The summed E-state index contributed by atoms with van der Waals surface area (Å²) in [6.07, 6.45) is 1.55. The molecule has 7 heteroatoms. The molecule has 130 valence electrons. The van der Waals surface area contributed by atoms with Crippen molar-refractivity contribution in [2.24, 2.45) is 0 Å². The van der Waals surface area contributed by atoms with E-state index in [1.807, 2.05) is 13.8 Å². The zero-order valence-electron chi connectivity index (χ0n) is 14.4. The number of hydrogen-bond donors (Lipinski definition) is 0. The Balaban J connectivity index is 1.50. The number of nitrogens with zero attached hydrogens (tertiary/aromatic N) is 5. The van der Waals surface area contributed by atoms with Crippen molar-refractivity contribution >= 4 is 16.7 Å². The Morgan fingerprint density at radius 2 is 1.92 bits per heavy atom. The first kappa shape index (κ1) is 16.0. The van der Waals surface area contributed by atoms with Crippen LogP contribution in [0.4, 0.5) is 10.2 Å². The summed E-state index contributed by atoms with van der Waals surface area (Å²) in [6.45, 7) is 8.26. The molecule has 0 aliphatic carbocycles. The summed E-state index contributed by atoms with van der Waals surface area (Å²) >= 11 is 0. The van der Waals surface area contributed by atoms with E-state index in [2.05, 4.69) is 24.9 Å². The molecule has 0 N–H and O–H groups in total. The van der Waals surface area contributed by atoms with E-state index in [4.69, 9.17) is 4.52 Å². The SMILES string of the molecule is Cc1noc(C)c1CN1CCN(c2ncnc3ccc(F)cc23)CC1. The van der Waals surface area contributed by atoms with Crippen molar-refractivity contribution in [3.05, 3.63) is 47.4 Å². The summed E-state index contributed by atoms with van der Waals surface area (Å²) < 4.78 is 18.9. The molecule has 0 bridgehead atoms. The van der Waals surface area contributed by atoms with Gasteiger partial charge in [-0.1, -0.05) is 5.16 Å². The minimum atomic E-state index is -0.263.